The van der Waals surface area contributed by atoms with Crippen molar-refractivity contribution in [3.8, 4) is 5.75 Å². The van der Waals surface area contributed by atoms with Gasteiger partial charge in [0.25, 0.3) is 5.89 Å². The van der Waals surface area contributed by atoms with Crippen molar-refractivity contribution in [1.82, 2.24) is 10.1 Å². The van der Waals surface area contributed by atoms with Crippen LogP contribution in [0.15, 0.2) is 53.1 Å². The van der Waals surface area contributed by atoms with Crippen LogP contribution in [-0.2, 0) is 38.5 Å². The lowest BCUT2D eigenvalue weighted by molar-refractivity contribution is -0.156. The van der Waals surface area contributed by atoms with E-state index in [1.807, 2.05) is 0 Å². The third kappa shape index (κ3) is 4.75. The zero-order valence-corrected chi connectivity index (χ0v) is 17.1. The Kier molecular flexibility index (Phi) is 6.11. The molecule has 0 radical (unpaired) electrons. The summed E-state index contributed by atoms with van der Waals surface area (Å²) in [5.41, 5.74) is 1.66. The smallest absolute Gasteiger partial charge is 0.348 e. The van der Waals surface area contributed by atoms with Crippen molar-refractivity contribution in [2.45, 2.75) is 25.6 Å². The molecular weight excluding hydrogens is 418 g/mol. The molecule has 10 heteroatoms. The number of rotatable bonds is 7. The number of esters is 2. The van der Waals surface area contributed by atoms with Crippen LogP contribution in [0.4, 0.5) is 5.69 Å². The van der Waals surface area contributed by atoms with E-state index in [9.17, 15) is 14.4 Å². The SMILES string of the molecule is COc1ccccc1NC(=O)Cc1noc(COC(=O)C2Cc3ccccc3C(=O)O2)n1. The summed E-state index contributed by atoms with van der Waals surface area (Å²) in [6, 6.07) is 13.9. The maximum absolute atomic E-state index is 12.3. The van der Waals surface area contributed by atoms with Gasteiger partial charge in [0, 0.05) is 6.42 Å². The van der Waals surface area contributed by atoms with Gasteiger partial charge in [-0.25, -0.2) is 9.59 Å². The standard InChI is InChI=1S/C22H19N3O7/c1-29-16-9-5-4-8-15(16)23-19(26)11-18-24-20(32-25-18)12-30-22(28)17-10-13-6-2-3-7-14(13)21(27)31-17/h2-9,17H,10-12H2,1H3,(H,23,26). The number of methoxy groups -OCH3 is 1. The third-order valence-electron chi connectivity index (χ3n) is 4.70. The molecule has 0 bridgehead atoms. The molecule has 0 aliphatic carbocycles. The molecule has 0 fully saturated rings. The first-order chi connectivity index (χ1) is 15.5. The summed E-state index contributed by atoms with van der Waals surface area (Å²) in [6.45, 7) is -0.310. The van der Waals surface area contributed by atoms with Crippen molar-refractivity contribution in [2.75, 3.05) is 12.4 Å². The highest BCUT2D eigenvalue weighted by atomic mass is 16.6. The minimum atomic E-state index is -1.05. The molecular formula is C22H19N3O7. The van der Waals surface area contributed by atoms with Gasteiger partial charge in [-0.15, -0.1) is 0 Å². The number of ether oxygens (including phenoxy) is 3. The number of fused-ring (bicyclic) bond motifs is 1. The summed E-state index contributed by atoms with van der Waals surface area (Å²) < 4.78 is 20.5. The number of aromatic nitrogens is 2. The van der Waals surface area contributed by atoms with Crippen molar-refractivity contribution in [3.05, 3.63) is 71.4 Å². The molecule has 2 heterocycles. The number of carbonyl (C=O) groups is 3. The van der Waals surface area contributed by atoms with Gasteiger partial charge in [-0.1, -0.05) is 35.5 Å². The third-order valence-corrected chi connectivity index (χ3v) is 4.70. The van der Waals surface area contributed by atoms with Crippen LogP contribution in [0.1, 0.15) is 27.6 Å². The fraction of sp³-hybridized carbons (Fsp3) is 0.227. The lowest BCUT2D eigenvalue weighted by Gasteiger charge is -2.22. The lowest BCUT2D eigenvalue weighted by atomic mass is 9.99. The zero-order chi connectivity index (χ0) is 22.5. The fourth-order valence-corrected chi connectivity index (χ4v) is 3.20. The Hall–Kier alpha value is -4.21. The molecule has 1 aliphatic heterocycles. The van der Waals surface area contributed by atoms with Gasteiger partial charge in [0.05, 0.1) is 24.8 Å². The van der Waals surface area contributed by atoms with E-state index in [1.54, 1.807) is 48.5 Å². The molecule has 10 nitrogen and oxygen atoms in total. The predicted molar refractivity (Wildman–Crippen MR) is 109 cm³/mol. The van der Waals surface area contributed by atoms with Gasteiger partial charge in [-0.2, -0.15) is 4.98 Å². The highest BCUT2D eigenvalue weighted by molar-refractivity contribution is 5.95. The number of carbonyl (C=O) groups excluding carboxylic acids is 3. The van der Waals surface area contributed by atoms with E-state index in [2.05, 4.69) is 15.5 Å². The number of hydrogen-bond donors (Lipinski definition) is 1. The molecule has 0 saturated heterocycles. The van der Waals surface area contributed by atoms with Gasteiger partial charge in [-0.3, -0.25) is 4.79 Å². The van der Waals surface area contributed by atoms with Gasteiger partial charge >= 0.3 is 11.9 Å². The second-order valence-electron chi connectivity index (χ2n) is 6.89. The van der Waals surface area contributed by atoms with Crippen molar-refractivity contribution in [1.29, 1.82) is 0 Å². The Morgan fingerprint density at radius 2 is 1.94 bits per heavy atom. The maximum Gasteiger partial charge on any atom is 0.348 e. The predicted octanol–water partition coefficient (Wildman–Crippen LogP) is 2.08. The van der Waals surface area contributed by atoms with E-state index >= 15 is 0 Å². The normalized spacial score (nSPS) is 14.8. The van der Waals surface area contributed by atoms with Crippen molar-refractivity contribution < 1.29 is 33.1 Å². The number of nitrogens with one attached hydrogen (secondary N) is 1. The van der Waals surface area contributed by atoms with Crippen molar-refractivity contribution in [3.63, 3.8) is 0 Å². The first kappa shape index (κ1) is 21.0. The van der Waals surface area contributed by atoms with Crippen molar-refractivity contribution >= 4 is 23.5 Å². The Morgan fingerprint density at radius 1 is 1.16 bits per heavy atom. The summed E-state index contributed by atoms with van der Waals surface area (Å²) in [4.78, 5) is 40.6. The quantitative estimate of drug-likeness (QED) is 0.552. The summed E-state index contributed by atoms with van der Waals surface area (Å²) in [6.07, 6.45) is -0.975. The summed E-state index contributed by atoms with van der Waals surface area (Å²) in [7, 11) is 1.50. The molecule has 4 rings (SSSR count). The minimum absolute atomic E-state index is 0.0148. The molecule has 1 unspecified atom stereocenters. The average Bonchev–Trinajstić information content (AvgIpc) is 3.24. The molecule has 0 spiro atoms. The number of cyclic esters (lactones) is 1. The number of para-hydroxylation sites is 2. The van der Waals surface area contributed by atoms with Gasteiger partial charge in [0.2, 0.25) is 12.0 Å². The molecule has 0 saturated carbocycles. The van der Waals surface area contributed by atoms with E-state index in [1.165, 1.54) is 7.11 Å². The maximum atomic E-state index is 12.3. The summed E-state index contributed by atoms with van der Waals surface area (Å²) in [5, 5.41) is 6.42. The second kappa shape index (κ2) is 9.29. The minimum Gasteiger partial charge on any atom is -0.495 e. The molecule has 1 amide bonds. The topological polar surface area (TPSA) is 130 Å². The van der Waals surface area contributed by atoms with Gasteiger partial charge in [0.1, 0.15) is 5.75 Å². The molecule has 32 heavy (non-hydrogen) atoms. The first-order valence-electron chi connectivity index (χ1n) is 9.73. The Balaban J connectivity index is 1.29. The molecule has 1 atom stereocenters. The first-order valence-corrected chi connectivity index (χ1v) is 9.73. The molecule has 1 N–H and O–H groups in total. The summed E-state index contributed by atoms with van der Waals surface area (Å²) >= 11 is 0. The van der Waals surface area contributed by atoms with Crippen LogP contribution in [0, 0.1) is 0 Å². The lowest BCUT2D eigenvalue weighted by Crippen LogP contribution is -2.35. The number of nitrogens with zero attached hydrogens (tertiary/aromatic N) is 2. The van der Waals surface area contributed by atoms with E-state index < -0.39 is 18.0 Å². The number of anilines is 1. The van der Waals surface area contributed by atoms with Gasteiger partial charge in [0.15, 0.2) is 12.4 Å². The second-order valence-corrected chi connectivity index (χ2v) is 6.89. The molecule has 1 aliphatic rings. The molecule has 164 valence electrons. The van der Waals surface area contributed by atoms with E-state index in [0.29, 0.717) is 22.6 Å². The zero-order valence-electron chi connectivity index (χ0n) is 17.1. The van der Waals surface area contributed by atoms with E-state index in [-0.39, 0.29) is 37.1 Å². The highest BCUT2D eigenvalue weighted by Crippen LogP contribution is 2.23. The molecule has 3 aromatic rings. The number of hydrogen-bond acceptors (Lipinski definition) is 9. The fourth-order valence-electron chi connectivity index (χ4n) is 3.20. The highest BCUT2D eigenvalue weighted by Gasteiger charge is 2.32. The Morgan fingerprint density at radius 3 is 2.78 bits per heavy atom. The average molecular weight is 437 g/mol. The van der Waals surface area contributed by atoms with Crippen LogP contribution < -0.4 is 10.1 Å². The van der Waals surface area contributed by atoms with Crippen LogP contribution >= 0.6 is 0 Å². The van der Waals surface area contributed by atoms with Crippen LogP contribution in [0.5, 0.6) is 5.75 Å². The number of benzene rings is 2. The summed E-state index contributed by atoms with van der Waals surface area (Å²) in [5.74, 6) is -1.00. The number of amides is 1. The largest absolute Gasteiger partial charge is 0.495 e. The van der Waals surface area contributed by atoms with E-state index in [4.69, 9.17) is 18.7 Å². The van der Waals surface area contributed by atoms with Crippen LogP contribution in [0.25, 0.3) is 0 Å². The molecule has 1 aromatic heterocycles. The van der Waals surface area contributed by atoms with Gasteiger partial charge in [-0.05, 0) is 23.8 Å². The Labute approximate surface area is 182 Å². The van der Waals surface area contributed by atoms with Crippen LogP contribution in [0.3, 0.4) is 0 Å². The molecule has 2 aromatic carbocycles. The van der Waals surface area contributed by atoms with Crippen LogP contribution in [-0.4, -0.2) is 41.2 Å². The Bertz CT molecular complexity index is 1160. The monoisotopic (exact) mass is 437 g/mol. The van der Waals surface area contributed by atoms with Gasteiger partial charge < -0.3 is 24.1 Å². The van der Waals surface area contributed by atoms with Crippen LogP contribution in [0.2, 0.25) is 0 Å². The van der Waals surface area contributed by atoms with Crippen molar-refractivity contribution in [2.24, 2.45) is 0 Å². The van der Waals surface area contributed by atoms with E-state index in [0.717, 1.165) is 0 Å².